The zero-order valence-corrected chi connectivity index (χ0v) is 9.89. The molecule has 17 heavy (non-hydrogen) atoms. The van der Waals surface area contributed by atoms with Gasteiger partial charge in [-0.3, -0.25) is 4.79 Å². The van der Waals surface area contributed by atoms with E-state index in [1.165, 1.54) is 0 Å². The van der Waals surface area contributed by atoms with Crippen molar-refractivity contribution in [3.05, 3.63) is 35.9 Å². The number of rotatable bonds is 4. The summed E-state index contributed by atoms with van der Waals surface area (Å²) in [5.41, 5.74) is 1.10. The third-order valence-corrected chi connectivity index (χ3v) is 2.81. The van der Waals surface area contributed by atoms with Crippen molar-refractivity contribution in [1.82, 2.24) is 10.2 Å². The molecule has 0 aliphatic carbocycles. The number of hydrogen-bond donors (Lipinski definition) is 1. The van der Waals surface area contributed by atoms with E-state index in [0.29, 0.717) is 6.61 Å². The third-order valence-electron chi connectivity index (χ3n) is 2.81. The molecule has 1 aliphatic heterocycles. The van der Waals surface area contributed by atoms with Crippen LogP contribution in [0.2, 0.25) is 0 Å². The summed E-state index contributed by atoms with van der Waals surface area (Å²) in [4.78, 5) is 13.6. The Labute approximate surface area is 102 Å². The fraction of sp³-hybridized carbons (Fsp3) is 0.462. The van der Waals surface area contributed by atoms with Crippen LogP contribution in [0.5, 0.6) is 0 Å². The first-order chi connectivity index (χ1) is 8.36. The summed E-state index contributed by atoms with van der Waals surface area (Å²) in [5.74, 6) is 0.0856. The van der Waals surface area contributed by atoms with E-state index in [0.717, 1.165) is 31.7 Å². The number of hydrogen-bond acceptors (Lipinski definition) is 3. The van der Waals surface area contributed by atoms with Gasteiger partial charge in [0, 0.05) is 26.2 Å². The first-order valence-corrected chi connectivity index (χ1v) is 5.96. The van der Waals surface area contributed by atoms with Crippen LogP contribution in [-0.4, -0.2) is 43.6 Å². The SMILES string of the molecule is O=C(COCc1ccccc1)N1CCNCC1. The summed E-state index contributed by atoms with van der Waals surface area (Å²) < 4.78 is 5.42. The van der Waals surface area contributed by atoms with Crippen molar-refractivity contribution >= 4 is 5.91 Å². The summed E-state index contributed by atoms with van der Waals surface area (Å²) in [7, 11) is 0. The topological polar surface area (TPSA) is 41.6 Å². The molecule has 1 fully saturated rings. The fourth-order valence-corrected chi connectivity index (χ4v) is 1.84. The number of nitrogens with zero attached hydrogens (tertiary/aromatic N) is 1. The molecule has 0 unspecified atom stereocenters. The van der Waals surface area contributed by atoms with E-state index in [1.54, 1.807) is 0 Å². The first kappa shape index (κ1) is 12.1. The van der Waals surface area contributed by atoms with Gasteiger partial charge < -0.3 is 15.0 Å². The Kier molecular flexibility index (Phi) is 4.53. The van der Waals surface area contributed by atoms with Crippen molar-refractivity contribution in [1.29, 1.82) is 0 Å². The molecule has 1 aromatic rings. The molecule has 2 rings (SSSR count). The van der Waals surface area contributed by atoms with Gasteiger partial charge in [-0.1, -0.05) is 30.3 Å². The van der Waals surface area contributed by atoms with E-state index in [1.807, 2.05) is 35.2 Å². The summed E-state index contributed by atoms with van der Waals surface area (Å²) in [5, 5.41) is 3.22. The number of carbonyl (C=O) groups excluding carboxylic acids is 1. The second-order valence-electron chi connectivity index (χ2n) is 4.11. The molecule has 0 radical (unpaired) electrons. The summed E-state index contributed by atoms with van der Waals surface area (Å²) in [6.45, 7) is 4.00. The van der Waals surface area contributed by atoms with Crippen LogP contribution in [0, 0.1) is 0 Å². The molecule has 92 valence electrons. The monoisotopic (exact) mass is 234 g/mol. The van der Waals surface area contributed by atoms with Crippen molar-refractivity contribution in [3.8, 4) is 0 Å². The molecular formula is C13H18N2O2. The fourth-order valence-electron chi connectivity index (χ4n) is 1.84. The zero-order chi connectivity index (χ0) is 11.9. The number of carbonyl (C=O) groups is 1. The molecule has 0 atom stereocenters. The minimum Gasteiger partial charge on any atom is -0.367 e. The highest BCUT2D eigenvalue weighted by molar-refractivity contribution is 5.77. The van der Waals surface area contributed by atoms with E-state index in [4.69, 9.17) is 4.74 Å². The number of piperazine rings is 1. The highest BCUT2D eigenvalue weighted by atomic mass is 16.5. The Balaban J connectivity index is 1.69. The van der Waals surface area contributed by atoms with Crippen LogP contribution in [0.15, 0.2) is 30.3 Å². The van der Waals surface area contributed by atoms with Crippen LogP contribution in [0.1, 0.15) is 5.56 Å². The molecule has 1 aromatic carbocycles. The van der Waals surface area contributed by atoms with Crippen molar-refractivity contribution in [2.75, 3.05) is 32.8 Å². The number of amides is 1. The lowest BCUT2D eigenvalue weighted by atomic mass is 10.2. The van der Waals surface area contributed by atoms with Crippen LogP contribution in [0.25, 0.3) is 0 Å². The third kappa shape index (κ3) is 3.84. The van der Waals surface area contributed by atoms with Crippen LogP contribution in [-0.2, 0) is 16.1 Å². The zero-order valence-electron chi connectivity index (χ0n) is 9.89. The summed E-state index contributed by atoms with van der Waals surface area (Å²) >= 11 is 0. The van der Waals surface area contributed by atoms with Crippen LogP contribution >= 0.6 is 0 Å². The predicted molar refractivity (Wildman–Crippen MR) is 65.5 cm³/mol. The van der Waals surface area contributed by atoms with Gasteiger partial charge in [-0.05, 0) is 5.56 Å². The van der Waals surface area contributed by atoms with Gasteiger partial charge in [-0.15, -0.1) is 0 Å². The summed E-state index contributed by atoms with van der Waals surface area (Å²) in [6.07, 6.45) is 0. The Morgan fingerprint density at radius 3 is 2.65 bits per heavy atom. The van der Waals surface area contributed by atoms with Gasteiger partial charge in [0.15, 0.2) is 0 Å². The Bertz CT molecular complexity index is 348. The van der Waals surface area contributed by atoms with Crippen molar-refractivity contribution in [2.45, 2.75) is 6.61 Å². The van der Waals surface area contributed by atoms with Crippen molar-refractivity contribution in [2.24, 2.45) is 0 Å². The van der Waals surface area contributed by atoms with Crippen molar-refractivity contribution in [3.63, 3.8) is 0 Å². The normalized spacial score (nSPS) is 15.9. The molecule has 4 nitrogen and oxygen atoms in total. The average molecular weight is 234 g/mol. The van der Waals surface area contributed by atoms with Crippen LogP contribution in [0.4, 0.5) is 0 Å². The molecule has 0 bridgehead atoms. The highest BCUT2D eigenvalue weighted by Crippen LogP contribution is 2.01. The maximum Gasteiger partial charge on any atom is 0.248 e. The second-order valence-corrected chi connectivity index (χ2v) is 4.11. The van der Waals surface area contributed by atoms with Gasteiger partial charge in [-0.25, -0.2) is 0 Å². The van der Waals surface area contributed by atoms with E-state index >= 15 is 0 Å². The molecule has 1 heterocycles. The number of ether oxygens (including phenoxy) is 1. The van der Waals surface area contributed by atoms with Gasteiger partial charge in [0.05, 0.1) is 6.61 Å². The van der Waals surface area contributed by atoms with Crippen LogP contribution < -0.4 is 5.32 Å². The lowest BCUT2D eigenvalue weighted by Crippen LogP contribution is -2.47. The Morgan fingerprint density at radius 2 is 1.94 bits per heavy atom. The second kappa shape index (κ2) is 6.37. The molecule has 1 amide bonds. The maximum atomic E-state index is 11.8. The molecule has 4 heteroatoms. The Hall–Kier alpha value is -1.39. The number of benzene rings is 1. The maximum absolute atomic E-state index is 11.8. The van der Waals surface area contributed by atoms with Gasteiger partial charge >= 0.3 is 0 Å². The van der Waals surface area contributed by atoms with Crippen molar-refractivity contribution < 1.29 is 9.53 Å². The quantitative estimate of drug-likeness (QED) is 0.831. The molecule has 1 N–H and O–H groups in total. The lowest BCUT2D eigenvalue weighted by Gasteiger charge is -2.27. The van der Waals surface area contributed by atoms with Crippen LogP contribution in [0.3, 0.4) is 0 Å². The lowest BCUT2D eigenvalue weighted by molar-refractivity contribution is -0.137. The smallest absolute Gasteiger partial charge is 0.248 e. The molecule has 0 aromatic heterocycles. The largest absolute Gasteiger partial charge is 0.367 e. The van der Waals surface area contributed by atoms with E-state index in [9.17, 15) is 4.79 Å². The van der Waals surface area contributed by atoms with Gasteiger partial charge in [0.25, 0.3) is 0 Å². The van der Waals surface area contributed by atoms with Gasteiger partial charge in [-0.2, -0.15) is 0 Å². The summed E-state index contributed by atoms with van der Waals surface area (Å²) in [6, 6.07) is 9.90. The average Bonchev–Trinajstić information content (AvgIpc) is 2.41. The van der Waals surface area contributed by atoms with E-state index < -0.39 is 0 Å². The molecule has 0 spiro atoms. The minimum absolute atomic E-state index is 0.0856. The van der Waals surface area contributed by atoms with E-state index in [-0.39, 0.29) is 12.5 Å². The minimum atomic E-state index is 0.0856. The van der Waals surface area contributed by atoms with Gasteiger partial charge in [0.1, 0.15) is 6.61 Å². The molecule has 1 aliphatic rings. The number of nitrogens with one attached hydrogen (secondary N) is 1. The van der Waals surface area contributed by atoms with Gasteiger partial charge in [0.2, 0.25) is 5.91 Å². The first-order valence-electron chi connectivity index (χ1n) is 5.96. The standard InChI is InChI=1S/C13H18N2O2/c16-13(15-8-6-14-7-9-15)11-17-10-12-4-2-1-3-5-12/h1-5,14H,6-11H2. The predicted octanol–water partition coefficient (Wildman–Crippen LogP) is 0.635. The van der Waals surface area contributed by atoms with E-state index in [2.05, 4.69) is 5.32 Å². The molecular weight excluding hydrogens is 216 g/mol. The highest BCUT2D eigenvalue weighted by Gasteiger charge is 2.15. The molecule has 0 saturated carbocycles. The molecule has 1 saturated heterocycles. The Morgan fingerprint density at radius 1 is 1.24 bits per heavy atom.